The Morgan fingerprint density at radius 2 is 2.09 bits per heavy atom. The zero-order chi connectivity index (χ0) is 15.9. The van der Waals surface area contributed by atoms with Gasteiger partial charge in [0.25, 0.3) is 5.91 Å². The molecule has 0 aromatic heterocycles. The van der Waals surface area contributed by atoms with E-state index in [1.54, 1.807) is 11.0 Å². The lowest BCUT2D eigenvalue weighted by Gasteiger charge is -2.29. The summed E-state index contributed by atoms with van der Waals surface area (Å²) in [6.45, 7) is 4.41. The number of ether oxygens (including phenoxy) is 1. The fraction of sp³-hybridized carbons (Fsp3) is 0.562. The van der Waals surface area contributed by atoms with Crippen molar-refractivity contribution in [2.45, 2.75) is 45.3 Å². The standard InChI is InChI=1S/C16H20N2O4/c1-9(2)22-11-4-3-10-8-18(16(21)12(10)7-11)13-5-6-14(19)17-15(13)20/h4,7,9-10,13H,3,5-6,8H2,1-2H3,(H,17,19,20). The minimum absolute atomic E-state index is 0.0578. The number of fused-ring (bicyclic) bond motifs is 1. The topological polar surface area (TPSA) is 75.7 Å². The molecule has 3 aliphatic rings. The number of imide groups is 1. The Morgan fingerprint density at radius 1 is 1.32 bits per heavy atom. The lowest BCUT2D eigenvalue weighted by molar-refractivity contribution is -0.142. The summed E-state index contributed by atoms with van der Waals surface area (Å²) in [6.07, 6.45) is 5.27. The highest BCUT2D eigenvalue weighted by molar-refractivity contribution is 6.04. The van der Waals surface area contributed by atoms with Gasteiger partial charge in [-0.05, 0) is 38.8 Å². The van der Waals surface area contributed by atoms with Crippen molar-refractivity contribution in [3.8, 4) is 0 Å². The van der Waals surface area contributed by atoms with Gasteiger partial charge in [0.15, 0.2) is 0 Å². The van der Waals surface area contributed by atoms with Crippen LogP contribution in [-0.2, 0) is 19.1 Å². The molecule has 6 heteroatoms. The van der Waals surface area contributed by atoms with Crippen LogP contribution in [0.5, 0.6) is 0 Å². The average Bonchev–Trinajstić information content (AvgIpc) is 2.75. The predicted octanol–water partition coefficient (Wildman–Crippen LogP) is 0.889. The van der Waals surface area contributed by atoms with E-state index in [1.807, 2.05) is 19.9 Å². The van der Waals surface area contributed by atoms with Gasteiger partial charge in [-0.2, -0.15) is 0 Å². The number of carbonyl (C=O) groups is 3. The van der Waals surface area contributed by atoms with E-state index < -0.39 is 6.04 Å². The number of rotatable bonds is 3. The molecule has 6 nitrogen and oxygen atoms in total. The van der Waals surface area contributed by atoms with Gasteiger partial charge >= 0.3 is 0 Å². The first kappa shape index (κ1) is 14.8. The molecule has 2 saturated heterocycles. The molecule has 22 heavy (non-hydrogen) atoms. The second-order valence-electron chi connectivity index (χ2n) is 6.23. The van der Waals surface area contributed by atoms with Crippen molar-refractivity contribution in [1.29, 1.82) is 0 Å². The van der Waals surface area contributed by atoms with Crippen LogP contribution in [0.25, 0.3) is 0 Å². The van der Waals surface area contributed by atoms with Crippen LogP contribution in [0, 0.1) is 5.92 Å². The van der Waals surface area contributed by atoms with E-state index in [4.69, 9.17) is 4.74 Å². The number of nitrogens with one attached hydrogen (secondary N) is 1. The van der Waals surface area contributed by atoms with Crippen LogP contribution in [0.1, 0.15) is 33.1 Å². The van der Waals surface area contributed by atoms with Gasteiger partial charge in [-0.3, -0.25) is 19.7 Å². The normalized spacial score (nSPS) is 28.3. The van der Waals surface area contributed by atoms with Gasteiger partial charge in [-0.25, -0.2) is 0 Å². The van der Waals surface area contributed by atoms with Crippen LogP contribution in [0.4, 0.5) is 0 Å². The van der Waals surface area contributed by atoms with E-state index in [-0.39, 0.29) is 36.2 Å². The summed E-state index contributed by atoms with van der Waals surface area (Å²) in [5.41, 5.74) is 0.711. The molecule has 1 N–H and O–H groups in total. The van der Waals surface area contributed by atoms with Crippen LogP contribution in [-0.4, -0.2) is 41.3 Å². The molecule has 3 rings (SSSR count). The molecular weight excluding hydrogens is 284 g/mol. The summed E-state index contributed by atoms with van der Waals surface area (Å²) >= 11 is 0. The van der Waals surface area contributed by atoms with Crippen LogP contribution in [0.2, 0.25) is 0 Å². The molecule has 3 amide bonds. The smallest absolute Gasteiger partial charge is 0.250 e. The minimum Gasteiger partial charge on any atom is -0.491 e. The molecule has 1 aliphatic carbocycles. The first-order valence-corrected chi connectivity index (χ1v) is 7.68. The molecule has 0 spiro atoms. The Bertz CT molecular complexity index is 591. The first-order valence-electron chi connectivity index (χ1n) is 7.68. The van der Waals surface area contributed by atoms with Gasteiger partial charge in [0, 0.05) is 24.5 Å². The SMILES string of the molecule is CC(C)OC1=CCC2CN(C3CCC(=O)NC3=O)C(=O)C2=C1. The van der Waals surface area contributed by atoms with Gasteiger partial charge in [-0.15, -0.1) is 0 Å². The second kappa shape index (κ2) is 5.59. The number of piperidine rings is 1. The van der Waals surface area contributed by atoms with E-state index in [9.17, 15) is 14.4 Å². The van der Waals surface area contributed by atoms with Crippen LogP contribution in [0.15, 0.2) is 23.5 Å². The molecule has 2 aliphatic heterocycles. The number of hydrogen-bond acceptors (Lipinski definition) is 4. The average molecular weight is 304 g/mol. The Labute approximate surface area is 129 Å². The molecule has 0 bridgehead atoms. The molecule has 2 fully saturated rings. The second-order valence-corrected chi connectivity index (χ2v) is 6.23. The van der Waals surface area contributed by atoms with Gasteiger partial charge in [-0.1, -0.05) is 0 Å². The van der Waals surface area contributed by atoms with Crippen LogP contribution in [0.3, 0.4) is 0 Å². The molecule has 0 aromatic carbocycles. The Hall–Kier alpha value is -2.11. The minimum atomic E-state index is -0.536. The van der Waals surface area contributed by atoms with E-state index in [1.165, 1.54) is 0 Å². The summed E-state index contributed by atoms with van der Waals surface area (Å²) in [4.78, 5) is 37.4. The van der Waals surface area contributed by atoms with Crippen molar-refractivity contribution in [1.82, 2.24) is 10.2 Å². The van der Waals surface area contributed by atoms with E-state index >= 15 is 0 Å². The van der Waals surface area contributed by atoms with E-state index in [2.05, 4.69) is 5.32 Å². The van der Waals surface area contributed by atoms with E-state index in [0.717, 1.165) is 12.2 Å². The number of nitrogens with zero attached hydrogens (tertiary/aromatic N) is 1. The summed E-state index contributed by atoms with van der Waals surface area (Å²) in [5, 5.41) is 2.31. The third-order valence-electron chi connectivity index (χ3n) is 4.22. The maximum absolute atomic E-state index is 12.6. The van der Waals surface area contributed by atoms with Crippen LogP contribution < -0.4 is 5.32 Å². The van der Waals surface area contributed by atoms with Crippen molar-refractivity contribution in [2.75, 3.05) is 6.54 Å². The van der Waals surface area contributed by atoms with Gasteiger partial charge < -0.3 is 9.64 Å². The summed E-state index contributed by atoms with van der Waals surface area (Å²) in [5.74, 6) is 0.0869. The lowest BCUT2D eigenvalue weighted by Crippen LogP contribution is -2.53. The molecule has 2 heterocycles. The Morgan fingerprint density at radius 3 is 2.77 bits per heavy atom. The zero-order valence-electron chi connectivity index (χ0n) is 12.8. The molecule has 0 saturated carbocycles. The van der Waals surface area contributed by atoms with Crippen molar-refractivity contribution < 1.29 is 19.1 Å². The monoisotopic (exact) mass is 304 g/mol. The fourth-order valence-electron chi connectivity index (χ4n) is 3.21. The zero-order valence-corrected chi connectivity index (χ0v) is 12.8. The molecular formula is C16H20N2O4. The number of likely N-dealkylation sites (tertiary alicyclic amines) is 1. The first-order chi connectivity index (χ1) is 10.5. The summed E-state index contributed by atoms with van der Waals surface area (Å²) in [6, 6.07) is -0.536. The number of allylic oxidation sites excluding steroid dienone is 2. The van der Waals surface area contributed by atoms with Crippen molar-refractivity contribution in [2.24, 2.45) is 5.92 Å². The van der Waals surface area contributed by atoms with Gasteiger partial charge in [0.1, 0.15) is 11.8 Å². The Kier molecular flexibility index (Phi) is 3.76. The van der Waals surface area contributed by atoms with Crippen LogP contribution >= 0.6 is 0 Å². The number of hydrogen-bond donors (Lipinski definition) is 1. The van der Waals surface area contributed by atoms with E-state index in [0.29, 0.717) is 18.5 Å². The predicted molar refractivity (Wildman–Crippen MR) is 78.4 cm³/mol. The number of carbonyl (C=O) groups excluding carboxylic acids is 3. The highest BCUT2D eigenvalue weighted by Gasteiger charge is 2.43. The van der Waals surface area contributed by atoms with Crippen molar-refractivity contribution in [3.05, 3.63) is 23.5 Å². The molecule has 0 radical (unpaired) electrons. The highest BCUT2D eigenvalue weighted by Crippen LogP contribution is 2.34. The number of amides is 3. The largest absolute Gasteiger partial charge is 0.491 e. The summed E-state index contributed by atoms with van der Waals surface area (Å²) in [7, 11) is 0. The van der Waals surface area contributed by atoms with Gasteiger partial charge in [0.2, 0.25) is 11.8 Å². The molecule has 2 unspecified atom stereocenters. The molecule has 2 atom stereocenters. The summed E-state index contributed by atoms with van der Waals surface area (Å²) < 4.78 is 5.65. The maximum Gasteiger partial charge on any atom is 0.250 e. The lowest BCUT2D eigenvalue weighted by atomic mass is 9.93. The van der Waals surface area contributed by atoms with Crippen molar-refractivity contribution in [3.63, 3.8) is 0 Å². The third kappa shape index (κ3) is 2.65. The van der Waals surface area contributed by atoms with Crippen molar-refractivity contribution >= 4 is 17.7 Å². The maximum atomic E-state index is 12.6. The Balaban J connectivity index is 1.76. The fourth-order valence-corrected chi connectivity index (χ4v) is 3.21. The molecule has 118 valence electrons. The van der Waals surface area contributed by atoms with Gasteiger partial charge in [0.05, 0.1) is 6.10 Å². The highest BCUT2D eigenvalue weighted by atomic mass is 16.5. The third-order valence-corrected chi connectivity index (χ3v) is 4.22. The quantitative estimate of drug-likeness (QED) is 0.786. The molecule has 0 aromatic rings.